The van der Waals surface area contributed by atoms with E-state index in [0.717, 1.165) is 34.0 Å². The Morgan fingerprint density at radius 2 is 1.93 bits per heavy atom. The van der Waals surface area contributed by atoms with Crippen molar-refractivity contribution < 1.29 is 19.4 Å². The molecule has 210 valence electrons. The Labute approximate surface area is 235 Å². The van der Waals surface area contributed by atoms with Gasteiger partial charge in [-0.15, -0.1) is 0 Å². The zero-order chi connectivity index (χ0) is 28.0. The molecule has 0 spiro atoms. The molecule has 0 aliphatic carbocycles. The van der Waals surface area contributed by atoms with Gasteiger partial charge in [-0.05, 0) is 43.5 Å². The van der Waals surface area contributed by atoms with Crippen LogP contribution >= 0.6 is 0 Å². The van der Waals surface area contributed by atoms with Crippen LogP contribution in [0.1, 0.15) is 36.6 Å². The zero-order valence-corrected chi connectivity index (χ0v) is 23.2. The first kappa shape index (κ1) is 27.8. The smallest absolute Gasteiger partial charge is 0.264 e. The van der Waals surface area contributed by atoms with Crippen LogP contribution in [-0.4, -0.2) is 70.4 Å². The Hall–Kier alpha value is -3.72. The fraction of sp³-hybridized carbons (Fsp3) is 0.375. The van der Waals surface area contributed by atoms with E-state index in [-0.39, 0.29) is 11.4 Å². The Balaban J connectivity index is 1.32. The molecule has 1 aliphatic heterocycles. The predicted molar refractivity (Wildman–Crippen MR) is 155 cm³/mol. The molecule has 0 radical (unpaired) electrons. The number of aromatic amines is 1. The van der Waals surface area contributed by atoms with Gasteiger partial charge in [0, 0.05) is 61.1 Å². The number of fused-ring (bicyclic) bond motifs is 1. The number of amides is 1. The van der Waals surface area contributed by atoms with E-state index in [1.165, 1.54) is 0 Å². The molecule has 8 nitrogen and oxygen atoms in total. The number of aliphatic hydroxyl groups excluding tert-OH is 1. The number of β-amino-alcohol motifs (C(OH)–C–C–N with tert-alkyl or cyclic N) is 1. The lowest BCUT2D eigenvalue weighted by atomic mass is 9.94. The van der Waals surface area contributed by atoms with Crippen LogP contribution in [0.4, 0.5) is 0 Å². The number of ether oxygens (including phenoxy) is 2. The third-order valence-corrected chi connectivity index (χ3v) is 7.37. The quantitative estimate of drug-likeness (QED) is 0.264. The first-order valence-electron chi connectivity index (χ1n) is 13.9. The van der Waals surface area contributed by atoms with Crippen LogP contribution < -0.4 is 10.1 Å². The monoisotopic (exact) mass is 542 g/mol. The number of nitrogens with zero attached hydrogens (tertiary/aromatic N) is 2. The third-order valence-electron chi connectivity index (χ3n) is 7.37. The van der Waals surface area contributed by atoms with Crippen LogP contribution in [0.15, 0.2) is 79.3 Å². The number of morpholine rings is 1. The molecule has 0 saturated carbocycles. The second kappa shape index (κ2) is 12.6. The van der Waals surface area contributed by atoms with Crippen molar-refractivity contribution in [3.05, 3.63) is 95.9 Å². The number of nitrogens with one attached hydrogen (secondary N) is 2. The van der Waals surface area contributed by atoms with Crippen molar-refractivity contribution in [3.8, 4) is 5.75 Å². The van der Waals surface area contributed by atoms with E-state index in [9.17, 15) is 9.90 Å². The van der Waals surface area contributed by atoms with Crippen LogP contribution in [0.3, 0.4) is 0 Å². The Morgan fingerprint density at radius 3 is 2.67 bits per heavy atom. The van der Waals surface area contributed by atoms with E-state index >= 15 is 0 Å². The minimum absolute atomic E-state index is 0.0200. The molecule has 2 aromatic carbocycles. The van der Waals surface area contributed by atoms with E-state index in [1.54, 1.807) is 12.4 Å². The van der Waals surface area contributed by atoms with E-state index in [4.69, 9.17) is 9.47 Å². The lowest BCUT2D eigenvalue weighted by molar-refractivity contribution is -0.142. The highest BCUT2D eigenvalue weighted by Crippen LogP contribution is 2.31. The number of rotatable bonds is 11. The van der Waals surface area contributed by atoms with Crippen LogP contribution in [0.25, 0.3) is 10.9 Å². The first-order valence-corrected chi connectivity index (χ1v) is 13.9. The summed E-state index contributed by atoms with van der Waals surface area (Å²) in [4.78, 5) is 22.9. The van der Waals surface area contributed by atoms with Gasteiger partial charge in [0.25, 0.3) is 5.91 Å². The van der Waals surface area contributed by atoms with Crippen molar-refractivity contribution in [1.82, 2.24) is 20.2 Å². The van der Waals surface area contributed by atoms with Crippen molar-refractivity contribution in [2.24, 2.45) is 0 Å². The molecule has 0 bridgehead atoms. The van der Waals surface area contributed by atoms with Crippen LogP contribution in [0, 0.1) is 0 Å². The van der Waals surface area contributed by atoms with E-state index in [1.807, 2.05) is 65.7 Å². The molecule has 8 heteroatoms. The highest BCUT2D eigenvalue weighted by atomic mass is 16.5. The molecule has 1 aliphatic rings. The fourth-order valence-electron chi connectivity index (χ4n) is 5.18. The highest BCUT2D eigenvalue weighted by Gasteiger charge is 2.29. The molecule has 1 saturated heterocycles. The maximum atomic E-state index is 13.6. The topological polar surface area (TPSA) is 99.7 Å². The van der Waals surface area contributed by atoms with Gasteiger partial charge in [-0.2, -0.15) is 0 Å². The van der Waals surface area contributed by atoms with Gasteiger partial charge in [0.05, 0.1) is 24.8 Å². The molecule has 40 heavy (non-hydrogen) atoms. The number of aromatic nitrogens is 2. The van der Waals surface area contributed by atoms with Gasteiger partial charge in [0.2, 0.25) is 0 Å². The number of hydrogen-bond donors (Lipinski definition) is 3. The Bertz CT molecular complexity index is 1380. The molecule has 0 unspecified atom stereocenters. The standard InChI is InChI=1S/C32H38N4O4/c1-32(2,35-22-27(37)24-10-7-13-33-20-24)19-25-21-34-30-26(25)11-6-12-28(30)40-29(18-23-8-4-3-5-9-23)31(38)36-14-16-39-17-15-36/h3-13,20-21,27,29,34-35,37H,14-19,22H2,1-2H3/t27-,29-/m0/s1. The molecule has 4 aromatic rings. The number of H-pyrrole nitrogens is 1. The number of benzene rings is 2. The van der Waals surface area contributed by atoms with Gasteiger partial charge < -0.3 is 29.8 Å². The minimum Gasteiger partial charge on any atom is -0.478 e. The van der Waals surface area contributed by atoms with E-state index < -0.39 is 12.2 Å². The number of pyridine rings is 1. The molecule has 2 atom stereocenters. The molecular weight excluding hydrogens is 504 g/mol. The molecule has 1 fully saturated rings. The summed E-state index contributed by atoms with van der Waals surface area (Å²) in [6.07, 6.45) is 5.33. The molecule has 2 aromatic heterocycles. The van der Waals surface area contributed by atoms with Crippen molar-refractivity contribution in [3.63, 3.8) is 0 Å². The van der Waals surface area contributed by atoms with Crippen LogP contribution in [0.5, 0.6) is 5.75 Å². The number of aliphatic hydroxyl groups is 1. The van der Waals surface area contributed by atoms with E-state index in [0.29, 0.717) is 45.0 Å². The molecule has 1 amide bonds. The van der Waals surface area contributed by atoms with Crippen molar-refractivity contribution in [2.75, 3.05) is 32.8 Å². The SMILES string of the molecule is CC(C)(Cc1c[nH]c2c(O[C@@H](Cc3ccccc3)C(=O)N3CCOCC3)cccc12)NC[C@H](O)c1cccnc1. The van der Waals surface area contributed by atoms with Gasteiger partial charge >= 0.3 is 0 Å². The summed E-state index contributed by atoms with van der Waals surface area (Å²) in [6.45, 7) is 6.90. The summed E-state index contributed by atoms with van der Waals surface area (Å²) in [5.74, 6) is 0.637. The average molecular weight is 543 g/mol. The van der Waals surface area contributed by atoms with Gasteiger partial charge in [0.1, 0.15) is 5.75 Å². The van der Waals surface area contributed by atoms with Gasteiger partial charge in [-0.25, -0.2) is 0 Å². The summed E-state index contributed by atoms with van der Waals surface area (Å²) in [7, 11) is 0. The summed E-state index contributed by atoms with van der Waals surface area (Å²) in [5.41, 5.74) is 3.56. The summed E-state index contributed by atoms with van der Waals surface area (Å²) < 4.78 is 12.0. The first-order chi connectivity index (χ1) is 19.4. The third kappa shape index (κ3) is 6.88. The summed E-state index contributed by atoms with van der Waals surface area (Å²) in [5, 5.41) is 15.1. The lowest BCUT2D eigenvalue weighted by Gasteiger charge is -2.30. The second-order valence-corrected chi connectivity index (χ2v) is 11.0. The molecule has 3 heterocycles. The Kier molecular flexibility index (Phi) is 8.79. The number of carbonyl (C=O) groups excluding carboxylic acids is 1. The predicted octanol–water partition coefficient (Wildman–Crippen LogP) is 4.06. The molecular formula is C32H38N4O4. The van der Waals surface area contributed by atoms with E-state index in [2.05, 4.69) is 35.2 Å². The summed E-state index contributed by atoms with van der Waals surface area (Å²) in [6, 6.07) is 19.7. The van der Waals surface area contributed by atoms with Crippen LogP contribution in [-0.2, 0) is 22.4 Å². The van der Waals surface area contributed by atoms with Crippen molar-refractivity contribution in [1.29, 1.82) is 0 Å². The van der Waals surface area contributed by atoms with Gasteiger partial charge in [0.15, 0.2) is 6.10 Å². The van der Waals surface area contributed by atoms with Crippen molar-refractivity contribution >= 4 is 16.8 Å². The number of para-hydroxylation sites is 1. The molecule has 3 N–H and O–H groups in total. The lowest BCUT2D eigenvalue weighted by Crippen LogP contribution is -2.48. The fourth-order valence-corrected chi connectivity index (χ4v) is 5.18. The average Bonchev–Trinajstić information content (AvgIpc) is 3.39. The normalized spacial score (nSPS) is 15.6. The zero-order valence-electron chi connectivity index (χ0n) is 23.2. The minimum atomic E-state index is -0.648. The maximum absolute atomic E-state index is 13.6. The molecule has 5 rings (SSSR count). The van der Waals surface area contributed by atoms with Gasteiger partial charge in [-0.1, -0.05) is 48.5 Å². The largest absolute Gasteiger partial charge is 0.478 e. The summed E-state index contributed by atoms with van der Waals surface area (Å²) >= 11 is 0. The second-order valence-electron chi connectivity index (χ2n) is 11.0. The van der Waals surface area contributed by atoms with Crippen LogP contribution in [0.2, 0.25) is 0 Å². The number of hydrogen-bond acceptors (Lipinski definition) is 6. The maximum Gasteiger partial charge on any atom is 0.264 e. The number of carbonyl (C=O) groups is 1. The Morgan fingerprint density at radius 1 is 1.12 bits per heavy atom. The highest BCUT2D eigenvalue weighted by molar-refractivity contribution is 5.89. The van der Waals surface area contributed by atoms with Crippen molar-refractivity contribution in [2.45, 2.75) is 44.4 Å². The van der Waals surface area contributed by atoms with Gasteiger partial charge in [-0.3, -0.25) is 9.78 Å².